The van der Waals surface area contributed by atoms with Crippen LogP contribution in [0.25, 0.3) is 0 Å². The van der Waals surface area contributed by atoms with Gasteiger partial charge in [0.25, 0.3) is 11.8 Å². The van der Waals surface area contributed by atoms with Crippen LogP contribution in [-0.4, -0.2) is 63.9 Å². The van der Waals surface area contributed by atoms with Crippen molar-refractivity contribution >= 4 is 58.6 Å². The summed E-state index contributed by atoms with van der Waals surface area (Å²) in [5, 5.41) is 3.84. The van der Waals surface area contributed by atoms with Gasteiger partial charge in [0.15, 0.2) is 6.10 Å². The topological polar surface area (TPSA) is 114 Å². The average molecular weight is 529 g/mol. The van der Waals surface area contributed by atoms with E-state index in [2.05, 4.69) is 10.7 Å². The molecule has 0 aromatic rings. The fourth-order valence-corrected chi connectivity index (χ4v) is 3.22. The molecule has 0 aliphatic carbocycles. The molecule has 1 fully saturated rings. The third-order valence-corrected chi connectivity index (χ3v) is 5.13. The average Bonchev–Trinajstić information content (AvgIpc) is 2.74. The van der Waals surface area contributed by atoms with Gasteiger partial charge in [-0.2, -0.15) is 0 Å². The van der Waals surface area contributed by atoms with Crippen LogP contribution in [-0.2, 0) is 28.7 Å². The summed E-state index contributed by atoms with van der Waals surface area (Å²) < 4.78 is 8.62. The number of halogens is 3. The molecule has 4 atom stereocenters. The maximum Gasteiger partial charge on any atom is 0.325 e. The van der Waals surface area contributed by atoms with Crippen molar-refractivity contribution in [3.05, 3.63) is 12.2 Å². The summed E-state index contributed by atoms with van der Waals surface area (Å²) in [5.41, 5.74) is 2.79. The lowest BCUT2D eigenvalue weighted by Gasteiger charge is -2.34. The van der Waals surface area contributed by atoms with Gasteiger partial charge in [0.2, 0.25) is 3.79 Å². The Labute approximate surface area is 209 Å². The fourth-order valence-electron chi connectivity index (χ4n) is 3.05. The maximum absolute atomic E-state index is 12.8. The predicted octanol–water partition coefficient (Wildman–Crippen LogP) is 2.68. The van der Waals surface area contributed by atoms with E-state index in [1.54, 1.807) is 39.8 Å². The Kier molecular flexibility index (Phi) is 11.9. The molecule has 0 aromatic heterocycles. The van der Waals surface area contributed by atoms with E-state index in [4.69, 9.17) is 44.3 Å². The Balaban J connectivity index is 2.71. The zero-order valence-electron chi connectivity index (χ0n) is 19.4. The van der Waals surface area contributed by atoms with E-state index in [0.29, 0.717) is 19.4 Å². The highest BCUT2D eigenvalue weighted by Crippen LogP contribution is 2.26. The number of hydrogen-bond acceptors (Lipinski definition) is 7. The first-order chi connectivity index (χ1) is 15.3. The summed E-state index contributed by atoms with van der Waals surface area (Å²) in [7, 11) is 0. The molecule has 1 rings (SSSR count). The monoisotopic (exact) mass is 527 g/mol. The number of alkyl halides is 3. The van der Waals surface area contributed by atoms with Gasteiger partial charge in [0.05, 0.1) is 5.92 Å². The predicted molar refractivity (Wildman–Crippen MR) is 125 cm³/mol. The van der Waals surface area contributed by atoms with E-state index in [9.17, 15) is 19.2 Å². The Morgan fingerprint density at radius 3 is 2.36 bits per heavy atom. The van der Waals surface area contributed by atoms with Gasteiger partial charge < -0.3 is 14.8 Å². The number of hydrogen-bond donors (Lipinski definition) is 2. The minimum Gasteiger partial charge on any atom is -0.460 e. The van der Waals surface area contributed by atoms with Crippen LogP contribution in [0, 0.1) is 11.8 Å². The van der Waals surface area contributed by atoms with Crippen molar-refractivity contribution in [3.8, 4) is 0 Å². The summed E-state index contributed by atoms with van der Waals surface area (Å²) in [6.07, 6.45) is 3.30. The highest BCUT2D eigenvalue weighted by molar-refractivity contribution is 6.67. The second-order valence-electron chi connectivity index (χ2n) is 8.18. The molecular weight excluding hydrogens is 497 g/mol. The Hall–Kier alpha value is -1.55. The number of hydrazine groups is 1. The molecule has 1 aliphatic rings. The summed E-state index contributed by atoms with van der Waals surface area (Å²) in [4.78, 5) is 50.0. The van der Waals surface area contributed by atoms with E-state index in [1.807, 2.05) is 0 Å². The minimum absolute atomic E-state index is 0.306. The van der Waals surface area contributed by atoms with Gasteiger partial charge in [-0.05, 0) is 39.5 Å². The highest BCUT2D eigenvalue weighted by atomic mass is 35.6. The largest absolute Gasteiger partial charge is 0.460 e. The minimum atomic E-state index is -1.74. The molecule has 1 aliphatic heterocycles. The Morgan fingerprint density at radius 1 is 1.18 bits per heavy atom. The van der Waals surface area contributed by atoms with Gasteiger partial charge in [-0.1, -0.05) is 60.8 Å². The normalized spacial score (nSPS) is 19.7. The number of ether oxygens (including phenoxy) is 2. The van der Waals surface area contributed by atoms with Crippen LogP contribution in [0.4, 0.5) is 0 Å². The second-order valence-corrected chi connectivity index (χ2v) is 10.7. The van der Waals surface area contributed by atoms with E-state index in [0.717, 1.165) is 0 Å². The maximum atomic E-state index is 12.8. The lowest BCUT2D eigenvalue weighted by Crippen LogP contribution is -2.60. The molecule has 0 radical (unpaired) electrons. The number of amides is 2. The van der Waals surface area contributed by atoms with Crippen molar-refractivity contribution in [1.29, 1.82) is 0 Å². The lowest BCUT2D eigenvalue weighted by molar-refractivity contribution is -0.161. The molecule has 2 N–H and O–H groups in total. The van der Waals surface area contributed by atoms with Crippen LogP contribution < -0.4 is 10.7 Å². The second kappa shape index (κ2) is 13.4. The summed E-state index contributed by atoms with van der Waals surface area (Å²) >= 11 is 16.8. The van der Waals surface area contributed by atoms with Gasteiger partial charge in [0.1, 0.15) is 18.7 Å². The number of carbonyl (C=O) groups excluding carboxylic acids is 4. The summed E-state index contributed by atoms with van der Waals surface area (Å²) in [5.74, 6) is -3.04. The van der Waals surface area contributed by atoms with Crippen molar-refractivity contribution < 1.29 is 28.7 Å². The highest BCUT2D eigenvalue weighted by Gasteiger charge is 2.35. The van der Waals surface area contributed by atoms with Gasteiger partial charge in [-0.3, -0.25) is 24.2 Å². The first-order valence-corrected chi connectivity index (χ1v) is 11.8. The molecule has 0 bridgehead atoms. The molecule has 0 saturated carbocycles. The van der Waals surface area contributed by atoms with Crippen LogP contribution >= 0.6 is 34.8 Å². The van der Waals surface area contributed by atoms with E-state index >= 15 is 0 Å². The fraction of sp³-hybridized carbons (Fsp3) is 0.714. The zero-order chi connectivity index (χ0) is 25.3. The van der Waals surface area contributed by atoms with Crippen molar-refractivity contribution in [2.75, 3.05) is 13.2 Å². The van der Waals surface area contributed by atoms with Crippen LogP contribution in [0.5, 0.6) is 0 Å². The molecule has 0 unspecified atom stereocenters. The van der Waals surface area contributed by atoms with Crippen molar-refractivity contribution in [1.82, 2.24) is 15.8 Å². The first-order valence-electron chi connectivity index (χ1n) is 10.7. The number of allylic oxidation sites excluding steroid dienone is 1. The number of carbonyl (C=O) groups is 4. The van der Waals surface area contributed by atoms with E-state index in [-0.39, 0.29) is 5.92 Å². The van der Waals surface area contributed by atoms with Crippen molar-refractivity contribution in [2.24, 2.45) is 11.8 Å². The number of nitrogens with zero attached hydrogens (tertiary/aromatic N) is 1. The molecule has 2 amide bonds. The molecule has 33 heavy (non-hydrogen) atoms. The van der Waals surface area contributed by atoms with Gasteiger partial charge in [-0.25, -0.2) is 5.43 Å². The van der Waals surface area contributed by atoms with Crippen LogP contribution in [0.3, 0.4) is 0 Å². The third kappa shape index (κ3) is 10.1. The molecule has 12 heteroatoms. The first kappa shape index (κ1) is 29.5. The number of rotatable bonds is 9. The zero-order valence-corrected chi connectivity index (χ0v) is 21.7. The smallest absolute Gasteiger partial charge is 0.325 e. The van der Waals surface area contributed by atoms with Crippen LogP contribution in [0.15, 0.2) is 12.2 Å². The Bertz CT molecular complexity index is 741. The molecule has 9 nitrogen and oxygen atoms in total. The summed E-state index contributed by atoms with van der Waals surface area (Å²) in [6, 6.07) is -1.73. The van der Waals surface area contributed by atoms with Gasteiger partial charge >= 0.3 is 11.9 Å². The van der Waals surface area contributed by atoms with Crippen molar-refractivity contribution in [2.45, 2.75) is 69.4 Å². The van der Waals surface area contributed by atoms with Crippen molar-refractivity contribution in [3.63, 3.8) is 0 Å². The number of nitrogens with one attached hydrogen (secondary N) is 2. The third-order valence-electron chi connectivity index (χ3n) is 4.80. The van der Waals surface area contributed by atoms with Gasteiger partial charge in [-0.15, -0.1) is 0 Å². The molecule has 1 heterocycles. The standard InChI is InChI=1S/C21H32Cl3N3O6/c1-6-8-13(4)19(30)33-16(12(2)3)17(28)25-14(5)18(29)27-10-7-9-15(26-27)20(31)32-11-21(22,23)24/h6,8,12-16,26H,7,9-11H2,1-5H3,(H,25,28)/t13-,14+,15+,16+/m1/s1. The Morgan fingerprint density at radius 2 is 1.82 bits per heavy atom. The quantitative estimate of drug-likeness (QED) is 0.269. The molecular formula is C21H32Cl3N3O6. The molecule has 0 aromatic carbocycles. The van der Waals surface area contributed by atoms with Crippen LogP contribution in [0.2, 0.25) is 0 Å². The SMILES string of the molecule is CC=C[C@@H](C)C(=O)O[C@H](C(=O)N[C@@H](C)C(=O)N1CCC[C@@H](C(=O)OCC(Cl)(Cl)Cl)N1)C(C)C. The van der Waals surface area contributed by atoms with Crippen LogP contribution in [0.1, 0.15) is 47.5 Å². The van der Waals surface area contributed by atoms with E-state index < -0.39 is 58.3 Å². The molecule has 188 valence electrons. The summed E-state index contributed by atoms with van der Waals surface area (Å²) in [6.45, 7) is 8.35. The lowest BCUT2D eigenvalue weighted by atomic mass is 10.1. The van der Waals surface area contributed by atoms with Gasteiger partial charge in [0, 0.05) is 6.54 Å². The molecule has 1 saturated heterocycles. The van der Waals surface area contributed by atoms with E-state index in [1.165, 1.54) is 11.9 Å². The molecule has 0 spiro atoms. The number of esters is 2.